The van der Waals surface area contributed by atoms with Gasteiger partial charge in [-0.3, -0.25) is 4.79 Å². The fourth-order valence-electron chi connectivity index (χ4n) is 2.97. The van der Waals surface area contributed by atoms with E-state index >= 15 is 0 Å². The fourth-order valence-corrected chi connectivity index (χ4v) is 3.72. The number of carbonyl (C=O) groups excluding carboxylic acids is 1. The van der Waals surface area contributed by atoms with E-state index in [1.54, 1.807) is 0 Å². The standard InChI is InChI=1S/C18H23N3OS/c1-13(2)21(14(3)4)18(22)12-20-11-17(23-10-9-19)15-7-5-6-8-16(15)20/h5-8,11,13-14H,10,12H2,1-4H3. The van der Waals surface area contributed by atoms with Gasteiger partial charge in [0.05, 0.1) is 11.8 Å². The molecule has 5 heteroatoms. The third-order valence-electron chi connectivity index (χ3n) is 3.75. The van der Waals surface area contributed by atoms with Crippen molar-refractivity contribution in [3.05, 3.63) is 30.5 Å². The normalized spacial score (nSPS) is 11.2. The largest absolute Gasteiger partial charge is 0.337 e. The molecule has 0 saturated carbocycles. The molecule has 0 saturated heterocycles. The van der Waals surface area contributed by atoms with E-state index in [0.717, 1.165) is 15.8 Å². The summed E-state index contributed by atoms with van der Waals surface area (Å²) in [6.45, 7) is 8.49. The topological polar surface area (TPSA) is 49.0 Å². The molecule has 0 bridgehead atoms. The number of carbonyl (C=O) groups is 1. The van der Waals surface area contributed by atoms with Gasteiger partial charge >= 0.3 is 0 Å². The highest BCUT2D eigenvalue weighted by molar-refractivity contribution is 7.99. The number of rotatable bonds is 6. The number of nitrogens with zero attached hydrogens (tertiary/aromatic N) is 3. The number of aromatic nitrogens is 1. The van der Waals surface area contributed by atoms with Crippen LogP contribution >= 0.6 is 11.8 Å². The van der Waals surface area contributed by atoms with Crippen molar-refractivity contribution in [2.24, 2.45) is 0 Å². The number of amides is 1. The predicted octanol–water partition coefficient (Wildman–Crippen LogP) is 3.90. The molecule has 1 amide bonds. The summed E-state index contributed by atoms with van der Waals surface area (Å²) in [6.07, 6.45) is 1.99. The molecular weight excluding hydrogens is 306 g/mol. The lowest BCUT2D eigenvalue weighted by atomic mass is 10.2. The monoisotopic (exact) mass is 329 g/mol. The molecule has 122 valence electrons. The summed E-state index contributed by atoms with van der Waals surface area (Å²) in [5.41, 5.74) is 1.04. The summed E-state index contributed by atoms with van der Waals surface area (Å²) >= 11 is 1.51. The molecule has 0 spiro atoms. The maximum atomic E-state index is 12.7. The lowest BCUT2D eigenvalue weighted by Gasteiger charge is -2.31. The summed E-state index contributed by atoms with van der Waals surface area (Å²) in [5, 5.41) is 9.91. The Morgan fingerprint density at radius 2 is 1.91 bits per heavy atom. The van der Waals surface area contributed by atoms with Crippen LogP contribution in [0.1, 0.15) is 27.7 Å². The average molecular weight is 329 g/mol. The molecule has 1 aromatic carbocycles. The van der Waals surface area contributed by atoms with E-state index in [-0.39, 0.29) is 18.0 Å². The highest BCUT2D eigenvalue weighted by Crippen LogP contribution is 2.30. The van der Waals surface area contributed by atoms with Crippen LogP contribution in [0.2, 0.25) is 0 Å². The quantitative estimate of drug-likeness (QED) is 0.755. The molecule has 0 radical (unpaired) electrons. The summed E-state index contributed by atoms with van der Waals surface area (Å²) in [5.74, 6) is 0.527. The molecule has 4 nitrogen and oxygen atoms in total. The first-order chi connectivity index (χ1) is 11.0. The number of nitriles is 1. The molecule has 0 N–H and O–H groups in total. The van der Waals surface area contributed by atoms with Crippen molar-refractivity contribution in [2.75, 3.05) is 5.75 Å². The van der Waals surface area contributed by atoms with Gasteiger partial charge in [0.2, 0.25) is 5.91 Å². The lowest BCUT2D eigenvalue weighted by Crippen LogP contribution is -2.43. The minimum absolute atomic E-state index is 0.118. The Bertz CT molecular complexity index is 719. The molecule has 0 unspecified atom stereocenters. The number of thioether (sulfide) groups is 1. The third kappa shape index (κ3) is 3.89. The van der Waals surface area contributed by atoms with Crippen molar-refractivity contribution in [3.8, 4) is 6.07 Å². The second kappa shape index (κ2) is 7.56. The Balaban J connectivity index is 2.33. The van der Waals surface area contributed by atoms with Crippen LogP contribution in [-0.2, 0) is 11.3 Å². The smallest absolute Gasteiger partial charge is 0.242 e. The van der Waals surface area contributed by atoms with E-state index in [1.807, 2.05) is 67.6 Å². The zero-order chi connectivity index (χ0) is 17.0. The van der Waals surface area contributed by atoms with E-state index in [0.29, 0.717) is 12.3 Å². The second-order valence-corrected chi connectivity index (χ2v) is 7.09. The van der Waals surface area contributed by atoms with Gasteiger partial charge in [-0.15, -0.1) is 11.8 Å². The molecule has 0 aliphatic heterocycles. The number of benzene rings is 1. The van der Waals surface area contributed by atoms with E-state index in [1.165, 1.54) is 11.8 Å². The molecule has 2 aromatic rings. The Morgan fingerprint density at radius 3 is 2.52 bits per heavy atom. The summed E-state index contributed by atoms with van der Waals surface area (Å²) in [4.78, 5) is 15.7. The van der Waals surface area contributed by atoms with Crippen molar-refractivity contribution in [1.82, 2.24) is 9.47 Å². The average Bonchev–Trinajstić information content (AvgIpc) is 2.82. The number of hydrogen-bond acceptors (Lipinski definition) is 3. The molecular formula is C18H23N3OS. The first kappa shape index (κ1) is 17.4. The lowest BCUT2D eigenvalue weighted by molar-refractivity contribution is -0.135. The SMILES string of the molecule is CC(C)N(C(=O)Cn1cc(SCC#N)c2ccccc21)C(C)C. The molecule has 0 aliphatic carbocycles. The van der Waals surface area contributed by atoms with Crippen molar-refractivity contribution in [2.45, 2.75) is 51.2 Å². The van der Waals surface area contributed by atoms with Gasteiger partial charge in [0.15, 0.2) is 0 Å². The molecule has 0 aliphatic rings. The Labute approximate surface area is 142 Å². The van der Waals surface area contributed by atoms with Crippen LogP contribution in [-0.4, -0.2) is 33.2 Å². The number of para-hydroxylation sites is 1. The Hall–Kier alpha value is -1.93. The zero-order valence-electron chi connectivity index (χ0n) is 14.1. The third-order valence-corrected chi connectivity index (χ3v) is 4.66. The highest BCUT2D eigenvalue weighted by atomic mass is 32.2. The second-order valence-electron chi connectivity index (χ2n) is 6.07. The van der Waals surface area contributed by atoms with E-state index in [2.05, 4.69) is 6.07 Å². The maximum Gasteiger partial charge on any atom is 0.242 e. The van der Waals surface area contributed by atoms with Gasteiger partial charge in [-0.25, -0.2) is 0 Å². The van der Waals surface area contributed by atoms with Crippen LogP contribution < -0.4 is 0 Å². The number of fused-ring (bicyclic) bond motifs is 1. The van der Waals surface area contributed by atoms with Crippen LogP contribution in [0, 0.1) is 11.3 Å². The van der Waals surface area contributed by atoms with Gasteiger partial charge in [-0.05, 0) is 33.8 Å². The van der Waals surface area contributed by atoms with Crippen LogP contribution in [0.15, 0.2) is 35.4 Å². The van der Waals surface area contributed by atoms with Gasteiger partial charge < -0.3 is 9.47 Å². The summed E-state index contributed by atoms with van der Waals surface area (Å²) in [6, 6.07) is 10.5. The van der Waals surface area contributed by atoms with Gasteiger partial charge in [0, 0.05) is 34.1 Å². The van der Waals surface area contributed by atoms with Crippen molar-refractivity contribution < 1.29 is 4.79 Å². The van der Waals surface area contributed by atoms with Crippen LogP contribution in [0.5, 0.6) is 0 Å². The molecule has 1 heterocycles. The maximum absolute atomic E-state index is 12.7. The first-order valence-electron chi connectivity index (χ1n) is 7.84. The minimum atomic E-state index is 0.118. The van der Waals surface area contributed by atoms with E-state index < -0.39 is 0 Å². The molecule has 23 heavy (non-hydrogen) atoms. The fraction of sp³-hybridized carbons (Fsp3) is 0.444. The molecule has 1 aromatic heterocycles. The van der Waals surface area contributed by atoms with Crippen molar-refractivity contribution in [3.63, 3.8) is 0 Å². The molecule has 2 rings (SSSR count). The van der Waals surface area contributed by atoms with Crippen LogP contribution in [0.4, 0.5) is 0 Å². The zero-order valence-corrected chi connectivity index (χ0v) is 14.9. The number of hydrogen-bond donors (Lipinski definition) is 0. The minimum Gasteiger partial charge on any atom is -0.337 e. The summed E-state index contributed by atoms with van der Waals surface area (Å²) < 4.78 is 2.00. The molecule has 0 atom stereocenters. The van der Waals surface area contributed by atoms with E-state index in [9.17, 15) is 4.79 Å². The van der Waals surface area contributed by atoms with E-state index in [4.69, 9.17) is 5.26 Å². The van der Waals surface area contributed by atoms with Gasteiger partial charge in [-0.2, -0.15) is 5.26 Å². The Kier molecular flexibility index (Phi) is 5.73. The first-order valence-corrected chi connectivity index (χ1v) is 8.83. The Morgan fingerprint density at radius 1 is 1.26 bits per heavy atom. The van der Waals surface area contributed by atoms with Gasteiger partial charge in [-0.1, -0.05) is 18.2 Å². The van der Waals surface area contributed by atoms with Gasteiger partial charge in [0.25, 0.3) is 0 Å². The van der Waals surface area contributed by atoms with Crippen LogP contribution in [0.25, 0.3) is 10.9 Å². The summed E-state index contributed by atoms with van der Waals surface area (Å²) in [7, 11) is 0. The predicted molar refractivity (Wildman–Crippen MR) is 95.4 cm³/mol. The van der Waals surface area contributed by atoms with Crippen LogP contribution in [0.3, 0.4) is 0 Å². The van der Waals surface area contributed by atoms with Crippen molar-refractivity contribution >= 4 is 28.6 Å². The van der Waals surface area contributed by atoms with Crippen molar-refractivity contribution in [1.29, 1.82) is 5.26 Å². The van der Waals surface area contributed by atoms with Gasteiger partial charge in [0.1, 0.15) is 6.54 Å². The highest BCUT2D eigenvalue weighted by Gasteiger charge is 2.21. The molecule has 0 fully saturated rings.